The second-order valence-electron chi connectivity index (χ2n) is 5.42. The Morgan fingerprint density at radius 1 is 1.00 bits per heavy atom. The molecule has 0 unspecified atom stereocenters. The molecule has 1 atom stereocenters. The molecule has 0 fully saturated rings. The van der Waals surface area contributed by atoms with Gasteiger partial charge in [-0.05, 0) is 23.6 Å². The zero-order valence-electron chi connectivity index (χ0n) is 11.6. The standard InChI is InChI=1S/C17H21NO/c1-14(2)17(19,12-15-8-4-3-5-9-15)13-16-10-6-7-11-18-16/h3-11,14,19H,12-13H2,1-2H3/t17-/m1/s1. The van der Waals surface area contributed by atoms with Crippen LogP contribution in [0.15, 0.2) is 54.7 Å². The first kappa shape index (κ1) is 13.8. The number of pyridine rings is 1. The van der Waals surface area contributed by atoms with Crippen LogP contribution in [0.4, 0.5) is 0 Å². The minimum absolute atomic E-state index is 0.176. The molecule has 2 aromatic rings. The highest BCUT2D eigenvalue weighted by atomic mass is 16.3. The van der Waals surface area contributed by atoms with E-state index in [0.717, 1.165) is 11.3 Å². The van der Waals surface area contributed by atoms with Gasteiger partial charge in [-0.25, -0.2) is 0 Å². The van der Waals surface area contributed by atoms with Crippen LogP contribution in [-0.4, -0.2) is 15.7 Å². The van der Waals surface area contributed by atoms with Crippen LogP contribution in [0.2, 0.25) is 0 Å². The van der Waals surface area contributed by atoms with Gasteiger partial charge in [0.05, 0.1) is 5.60 Å². The maximum absolute atomic E-state index is 11.0. The van der Waals surface area contributed by atoms with E-state index in [1.54, 1.807) is 6.20 Å². The molecule has 1 aromatic heterocycles. The lowest BCUT2D eigenvalue weighted by Crippen LogP contribution is -2.40. The van der Waals surface area contributed by atoms with Crippen molar-refractivity contribution in [1.29, 1.82) is 0 Å². The largest absolute Gasteiger partial charge is 0.389 e. The van der Waals surface area contributed by atoms with Crippen molar-refractivity contribution in [3.63, 3.8) is 0 Å². The van der Waals surface area contributed by atoms with Crippen LogP contribution in [0.25, 0.3) is 0 Å². The monoisotopic (exact) mass is 255 g/mol. The number of rotatable bonds is 5. The summed E-state index contributed by atoms with van der Waals surface area (Å²) in [6, 6.07) is 16.0. The molecule has 2 rings (SSSR count). The van der Waals surface area contributed by atoms with Gasteiger partial charge in [0.25, 0.3) is 0 Å². The lowest BCUT2D eigenvalue weighted by atomic mass is 9.80. The molecule has 19 heavy (non-hydrogen) atoms. The quantitative estimate of drug-likeness (QED) is 0.889. The highest BCUT2D eigenvalue weighted by molar-refractivity contribution is 5.19. The van der Waals surface area contributed by atoms with E-state index in [9.17, 15) is 5.11 Å². The SMILES string of the molecule is CC(C)[C@@](O)(Cc1ccccc1)Cc1ccccn1. The van der Waals surface area contributed by atoms with Crippen LogP contribution in [0.1, 0.15) is 25.1 Å². The molecule has 0 radical (unpaired) electrons. The van der Waals surface area contributed by atoms with Gasteiger partial charge in [0, 0.05) is 24.7 Å². The number of aromatic nitrogens is 1. The van der Waals surface area contributed by atoms with Crippen LogP contribution in [0, 0.1) is 5.92 Å². The predicted octanol–water partition coefficient (Wildman–Crippen LogP) is 3.25. The van der Waals surface area contributed by atoms with Gasteiger partial charge in [-0.15, -0.1) is 0 Å². The Bertz CT molecular complexity index is 452. The van der Waals surface area contributed by atoms with Crippen molar-refractivity contribution in [1.82, 2.24) is 4.98 Å². The van der Waals surface area contributed by atoms with Gasteiger partial charge in [-0.2, -0.15) is 0 Å². The lowest BCUT2D eigenvalue weighted by molar-refractivity contribution is -0.00524. The van der Waals surface area contributed by atoms with Crippen molar-refractivity contribution in [2.45, 2.75) is 32.3 Å². The van der Waals surface area contributed by atoms with Crippen LogP contribution < -0.4 is 0 Å². The van der Waals surface area contributed by atoms with E-state index in [2.05, 4.69) is 31.0 Å². The van der Waals surface area contributed by atoms with Gasteiger partial charge in [-0.1, -0.05) is 50.2 Å². The zero-order valence-corrected chi connectivity index (χ0v) is 11.6. The Morgan fingerprint density at radius 2 is 1.68 bits per heavy atom. The van der Waals surface area contributed by atoms with Crippen molar-refractivity contribution in [2.24, 2.45) is 5.92 Å². The van der Waals surface area contributed by atoms with Crippen molar-refractivity contribution in [3.05, 3.63) is 66.0 Å². The fourth-order valence-corrected chi connectivity index (χ4v) is 2.24. The van der Waals surface area contributed by atoms with Crippen LogP contribution in [0.5, 0.6) is 0 Å². The summed E-state index contributed by atoms with van der Waals surface area (Å²) in [5.74, 6) is 0.176. The predicted molar refractivity (Wildman–Crippen MR) is 77.9 cm³/mol. The van der Waals surface area contributed by atoms with E-state index in [1.807, 2.05) is 36.4 Å². The molecule has 0 aliphatic heterocycles. The third kappa shape index (κ3) is 3.65. The summed E-state index contributed by atoms with van der Waals surface area (Å²) in [6.45, 7) is 4.12. The van der Waals surface area contributed by atoms with Crippen molar-refractivity contribution in [3.8, 4) is 0 Å². The second-order valence-corrected chi connectivity index (χ2v) is 5.42. The summed E-state index contributed by atoms with van der Waals surface area (Å²) in [5, 5.41) is 11.0. The first-order chi connectivity index (χ1) is 9.10. The summed E-state index contributed by atoms with van der Waals surface area (Å²) >= 11 is 0. The van der Waals surface area contributed by atoms with Crippen molar-refractivity contribution < 1.29 is 5.11 Å². The molecule has 1 aromatic carbocycles. The van der Waals surface area contributed by atoms with Gasteiger partial charge >= 0.3 is 0 Å². The van der Waals surface area contributed by atoms with E-state index in [0.29, 0.717) is 12.8 Å². The maximum Gasteiger partial charge on any atom is 0.0765 e. The van der Waals surface area contributed by atoms with E-state index in [-0.39, 0.29) is 5.92 Å². The summed E-state index contributed by atoms with van der Waals surface area (Å²) < 4.78 is 0. The molecular weight excluding hydrogens is 234 g/mol. The van der Waals surface area contributed by atoms with Gasteiger partial charge in [0.1, 0.15) is 0 Å². The van der Waals surface area contributed by atoms with Crippen LogP contribution >= 0.6 is 0 Å². The van der Waals surface area contributed by atoms with Crippen LogP contribution in [-0.2, 0) is 12.8 Å². The molecule has 0 saturated carbocycles. The number of aliphatic hydroxyl groups is 1. The average Bonchev–Trinajstić information content (AvgIpc) is 2.40. The molecule has 0 saturated heterocycles. The number of hydrogen-bond donors (Lipinski definition) is 1. The van der Waals surface area contributed by atoms with E-state index < -0.39 is 5.60 Å². The van der Waals surface area contributed by atoms with E-state index in [1.165, 1.54) is 0 Å². The number of hydrogen-bond acceptors (Lipinski definition) is 2. The molecule has 2 heteroatoms. The Hall–Kier alpha value is -1.67. The van der Waals surface area contributed by atoms with Crippen LogP contribution in [0.3, 0.4) is 0 Å². The first-order valence-electron chi connectivity index (χ1n) is 6.76. The summed E-state index contributed by atoms with van der Waals surface area (Å²) in [4.78, 5) is 4.33. The molecule has 1 N–H and O–H groups in total. The minimum atomic E-state index is -0.754. The zero-order chi connectivity index (χ0) is 13.7. The molecule has 1 heterocycles. The smallest absolute Gasteiger partial charge is 0.0765 e. The lowest BCUT2D eigenvalue weighted by Gasteiger charge is -2.32. The molecule has 0 amide bonds. The topological polar surface area (TPSA) is 33.1 Å². The maximum atomic E-state index is 11.0. The second kappa shape index (κ2) is 5.98. The van der Waals surface area contributed by atoms with Gasteiger partial charge in [0.2, 0.25) is 0 Å². The molecule has 0 aliphatic carbocycles. The average molecular weight is 255 g/mol. The Kier molecular flexibility index (Phi) is 4.33. The highest BCUT2D eigenvalue weighted by Crippen LogP contribution is 2.26. The Morgan fingerprint density at radius 3 is 2.26 bits per heavy atom. The summed E-state index contributed by atoms with van der Waals surface area (Å²) in [7, 11) is 0. The molecule has 0 bridgehead atoms. The van der Waals surface area contributed by atoms with Crippen molar-refractivity contribution >= 4 is 0 Å². The summed E-state index contributed by atoms with van der Waals surface area (Å²) in [6.07, 6.45) is 3.01. The van der Waals surface area contributed by atoms with Gasteiger partial charge in [0.15, 0.2) is 0 Å². The molecule has 0 spiro atoms. The first-order valence-corrected chi connectivity index (χ1v) is 6.76. The fourth-order valence-electron chi connectivity index (χ4n) is 2.24. The molecular formula is C17H21NO. The van der Waals surface area contributed by atoms with Gasteiger partial charge < -0.3 is 5.11 Å². The highest BCUT2D eigenvalue weighted by Gasteiger charge is 2.31. The summed E-state index contributed by atoms with van der Waals surface area (Å²) in [5.41, 5.74) is 1.35. The molecule has 2 nitrogen and oxygen atoms in total. The van der Waals surface area contributed by atoms with Crippen molar-refractivity contribution in [2.75, 3.05) is 0 Å². The third-order valence-electron chi connectivity index (χ3n) is 3.64. The molecule has 0 aliphatic rings. The fraction of sp³-hybridized carbons (Fsp3) is 0.353. The molecule has 100 valence electrons. The Labute approximate surface area is 115 Å². The normalized spacial score (nSPS) is 14.3. The van der Waals surface area contributed by atoms with Gasteiger partial charge in [-0.3, -0.25) is 4.98 Å². The van der Waals surface area contributed by atoms with E-state index in [4.69, 9.17) is 0 Å². The third-order valence-corrected chi connectivity index (χ3v) is 3.64. The number of benzene rings is 1. The number of nitrogens with zero attached hydrogens (tertiary/aromatic N) is 1. The Balaban J connectivity index is 2.18. The minimum Gasteiger partial charge on any atom is -0.389 e. The van der Waals surface area contributed by atoms with E-state index >= 15 is 0 Å².